The molecule has 31 heavy (non-hydrogen) atoms. The van der Waals surface area contributed by atoms with Crippen molar-refractivity contribution in [3.8, 4) is 11.1 Å². The summed E-state index contributed by atoms with van der Waals surface area (Å²) in [7, 11) is 2.19. The predicted molar refractivity (Wildman–Crippen MR) is 128 cm³/mol. The van der Waals surface area contributed by atoms with Gasteiger partial charge in [0, 0.05) is 30.0 Å². The minimum Gasteiger partial charge on any atom is -0.299 e. The summed E-state index contributed by atoms with van der Waals surface area (Å²) in [4.78, 5) is 18.6. The first-order valence-electron chi connectivity index (χ1n) is 11.3. The maximum atomic E-state index is 11.9. The highest BCUT2D eigenvalue weighted by Gasteiger charge is 2.20. The summed E-state index contributed by atoms with van der Waals surface area (Å²) in [5, 5.41) is 0. The van der Waals surface area contributed by atoms with Gasteiger partial charge < -0.3 is 0 Å². The fourth-order valence-electron chi connectivity index (χ4n) is 4.77. The third-order valence-corrected chi connectivity index (χ3v) is 6.67. The lowest BCUT2D eigenvalue weighted by Crippen LogP contribution is -2.29. The van der Waals surface area contributed by atoms with Crippen molar-refractivity contribution in [2.75, 3.05) is 7.05 Å². The van der Waals surface area contributed by atoms with Crippen molar-refractivity contribution in [3.63, 3.8) is 0 Å². The van der Waals surface area contributed by atoms with Crippen LogP contribution in [0.3, 0.4) is 0 Å². The highest BCUT2D eigenvalue weighted by Crippen LogP contribution is 2.26. The SMILES string of the molecule is Cc1cc(-c2ccc(Cc3cc(C=O)c(CN(C)C4CCCC4)cc3C)cc2)ccn1. The van der Waals surface area contributed by atoms with E-state index in [1.807, 2.05) is 19.2 Å². The zero-order valence-corrected chi connectivity index (χ0v) is 18.9. The monoisotopic (exact) mass is 412 g/mol. The van der Waals surface area contributed by atoms with Gasteiger partial charge in [0.2, 0.25) is 0 Å². The number of carbonyl (C=O) groups is 1. The first kappa shape index (κ1) is 21.5. The van der Waals surface area contributed by atoms with E-state index in [4.69, 9.17) is 0 Å². The highest BCUT2D eigenvalue weighted by atomic mass is 16.1. The first-order valence-corrected chi connectivity index (χ1v) is 11.3. The molecule has 160 valence electrons. The van der Waals surface area contributed by atoms with Crippen LogP contribution in [0.5, 0.6) is 0 Å². The van der Waals surface area contributed by atoms with E-state index < -0.39 is 0 Å². The molecular weight excluding hydrogens is 380 g/mol. The number of hydrogen-bond acceptors (Lipinski definition) is 3. The van der Waals surface area contributed by atoms with E-state index in [0.29, 0.717) is 6.04 Å². The van der Waals surface area contributed by atoms with Gasteiger partial charge in [-0.05, 0) is 91.7 Å². The molecule has 0 amide bonds. The van der Waals surface area contributed by atoms with Gasteiger partial charge in [0.15, 0.2) is 0 Å². The Kier molecular flexibility index (Phi) is 6.62. The van der Waals surface area contributed by atoms with Crippen LogP contribution in [0, 0.1) is 13.8 Å². The van der Waals surface area contributed by atoms with Crippen LogP contribution in [0.2, 0.25) is 0 Å². The Hall–Kier alpha value is -2.78. The first-order chi connectivity index (χ1) is 15.0. The number of aromatic nitrogens is 1. The largest absolute Gasteiger partial charge is 0.299 e. The molecule has 3 aromatic rings. The molecule has 1 fully saturated rings. The molecule has 3 nitrogen and oxygen atoms in total. The van der Waals surface area contributed by atoms with Crippen molar-refractivity contribution < 1.29 is 4.79 Å². The van der Waals surface area contributed by atoms with Gasteiger partial charge in [0.1, 0.15) is 6.29 Å². The van der Waals surface area contributed by atoms with Gasteiger partial charge in [0.25, 0.3) is 0 Å². The molecule has 1 aromatic heterocycles. The minimum absolute atomic E-state index is 0.655. The van der Waals surface area contributed by atoms with E-state index in [-0.39, 0.29) is 0 Å². The van der Waals surface area contributed by atoms with Crippen LogP contribution >= 0.6 is 0 Å². The standard InChI is InChI=1S/C28H32N2O/c1-20-14-26(18-30(3)28-6-4-5-7-28)27(19-31)17-25(20)16-22-8-10-23(11-9-22)24-12-13-29-21(2)15-24/h8-15,17,19,28H,4-7,16,18H2,1-3H3. The van der Waals surface area contributed by atoms with Crippen LogP contribution in [0.15, 0.2) is 54.7 Å². The lowest BCUT2D eigenvalue weighted by molar-refractivity contribution is 0.112. The second kappa shape index (κ2) is 9.57. The zero-order chi connectivity index (χ0) is 21.8. The molecule has 0 bridgehead atoms. The third kappa shape index (κ3) is 5.11. The topological polar surface area (TPSA) is 33.2 Å². The molecule has 0 radical (unpaired) electrons. The third-order valence-electron chi connectivity index (χ3n) is 6.67. The Bertz CT molecular complexity index is 1050. The van der Waals surface area contributed by atoms with Gasteiger partial charge in [-0.25, -0.2) is 0 Å². The van der Waals surface area contributed by atoms with Crippen molar-refractivity contribution in [3.05, 3.63) is 88.2 Å². The molecule has 2 aromatic carbocycles. The van der Waals surface area contributed by atoms with Gasteiger partial charge in [0.05, 0.1) is 0 Å². The Morgan fingerprint density at radius 2 is 1.71 bits per heavy atom. The number of hydrogen-bond donors (Lipinski definition) is 0. The number of aldehydes is 1. The van der Waals surface area contributed by atoms with E-state index in [0.717, 1.165) is 36.1 Å². The average Bonchev–Trinajstić information content (AvgIpc) is 3.31. The average molecular weight is 413 g/mol. The summed E-state index contributed by atoms with van der Waals surface area (Å²) in [5.41, 5.74) is 9.13. The molecule has 1 heterocycles. The van der Waals surface area contributed by atoms with Gasteiger partial charge in [-0.3, -0.25) is 14.7 Å². The number of pyridine rings is 1. The van der Waals surface area contributed by atoms with Crippen molar-refractivity contribution in [2.24, 2.45) is 0 Å². The summed E-state index contributed by atoms with van der Waals surface area (Å²) >= 11 is 0. The molecule has 3 heteroatoms. The number of carbonyl (C=O) groups excluding carboxylic acids is 1. The second-order valence-corrected chi connectivity index (χ2v) is 9.01. The molecular formula is C28H32N2O. The summed E-state index contributed by atoms with van der Waals surface area (Å²) in [5.74, 6) is 0. The Morgan fingerprint density at radius 1 is 0.968 bits per heavy atom. The Balaban J connectivity index is 1.51. The molecule has 1 saturated carbocycles. The van der Waals surface area contributed by atoms with Crippen molar-refractivity contribution in [1.82, 2.24) is 9.88 Å². The maximum absolute atomic E-state index is 11.9. The lowest BCUT2D eigenvalue weighted by atomic mass is 9.94. The maximum Gasteiger partial charge on any atom is 0.150 e. The molecule has 1 aliphatic rings. The summed E-state index contributed by atoms with van der Waals surface area (Å²) in [6.07, 6.45) is 8.92. The fraction of sp³-hybridized carbons (Fsp3) is 0.357. The van der Waals surface area contributed by atoms with Crippen LogP contribution in [-0.4, -0.2) is 29.3 Å². The zero-order valence-electron chi connectivity index (χ0n) is 18.9. The van der Waals surface area contributed by atoms with E-state index in [9.17, 15) is 4.79 Å². The Morgan fingerprint density at radius 3 is 2.39 bits per heavy atom. The van der Waals surface area contributed by atoms with Crippen molar-refractivity contribution in [1.29, 1.82) is 0 Å². The normalized spacial score (nSPS) is 14.3. The van der Waals surface area contributed by atoms with E-state index in [1.54, 1.807) is 0 Å². The van der Waals surface area contributed by atoms with Gasteiger partial charge in [-0.1, -0.05) is 43.2 Å². The summed E-state index contributed by atoms with van der Waals surface area (Å²) < 4.78 is 0. The lowest BCUT2D eigenvalue weighted by Gasteiger charge is -2.25. The predicted octanol–water partition coefficient (Wildman–Crippen LogP) is 6.14. The van der Waals surface area contributed by atoms with E-state index in [2.05, 4.69) is 66.3 Å². The van der Waals surface area contributed by atoms with Crippen molar-refractivity contribution in [2.45, 2.75) is 58.5 Å². The molecule has 1 aliphatic carbocycles. The minimum atomic E-state index is 0.655. The van der Waals surface area contributed by atoms with Crippen LogP contribution < -0.4 is 0 Å². The van der Waals surface area contributed by atoms with Crippen LogP contribution in [0.4, 0.5) is 0 Å². The van der Waals surface area contributed by atoms with E-state index in [1.165, 1.54) is 53.5 Å². The smallest absolute Gasteiger partial charge is 0.150 e. The number of benzene rings is 2. The van der Waals surface area contributed by atoms with E-state index >= 15 is 0 Å². The molecule has 0 aliphatic heterocycles. The van der Waals surface area contributed by atoms with Crippen LogP contribution in [-0.2, 0) is 13.0 Å². The molecule has 0 saturated heterocycles. The molecule has 0 N–H and O–H groups in total. The van der Waals surface area contributed by atoms with Crippen LogP contribution in [0.25, 0.3) is 11.1 Å². The molecule has 0 atom stereocenters. The molecule has 0 spiro atoms. The number of aryl methyl sites for hydroxylation is 2. The summed E-state index contributed by atoms with van der Waals surface area (Å²) in [6, 6.07) is 17.8. The van der Waals surface area contributed by atoms with Gasteiger partial charge >= 0.3 is 0 Å². The molecule has 0 unspecified atom stereocenters. The van der Waals surface area contributed by atoms with Crippen LogP contribution in [0.1, 0.15) is 64.0 Å². The van der Waals surface area contributed by atoms with Crippen molar-refractivity contribution >= 4 is 6.29 Å². The van der Waals surface area contributed by atoms with Gasteiger partial charge in [-0.15, -0.1) is 0 Å². The summed E-state index contributed by atoms with van der Waals surface area (Å²) in [6.45, 7) is 5.03. The number of nitrogens with zero attached hydrogens (tertiary/aromatic N) is 2. The second-order valence-electron chi connectivity index (χ2n) is 9.01. The highest BCUT2D eigenvalue weighted by molar-refractivity contribution is 5.78. The number of rotatable bonds is 7. The Labute approximate surface area is 186 Å². The van der Waals surface area contributed by atoms with Gasteiger partial charge in [-0.2, -0.15) is 0 Å². The molecule has 4 rings (SSSR count). The fourth-order valence-corrected chi connectivity index (χ4v) is 4.77. The quantitative estimate of drug-likeness (QED) is 0.437.